The molecule has 0 N–H and O–H groups in total. The first-order chi connectivity index (χ1) is 15.5. The van der Waals surface area contributed by atoms with Crippen molar-refractivity contribution in [2.75, 3.05) is 6.26 Å². The minimum atomic E-state index is -4.57. The molecular formula is C23H16ClF3N2O3S. The maximum atomic E-state index is 13.4. The minimum Gasteiger partial charge on any atom is -0.489 e. The van der Waals surface area contributed by atoms with Gasteiger partial charge in [-0.25, -0.2) is 18.4 Å². The summed E-state index contributed by atoms with van der Waals surface area (Å²) < 4.78 is 69.5. The number of benzene rings is 3. The Hall–Kier alpha value is -3.17. The Bertz CT molecular complexity index is 1460. The van der Waals surface area contributed by atoms with E-state index in [4.69, 9.17) is 16.3 Å². The molecule has 3 aromatic carbocycles. The molecule has 0 saturated carbocycles. The van der Waals surface area contributed by atoms with E-state index in [9.17, 15) is 21.6 Å². The third kappa shape index (κ3) is 4.94. The first-order valence-corrected chi connectivity index (χ1v) is 11.8. The van der Waals surface area contributed by atoms with Crippen molar-refractivity contribution < 1.29 is 26.3 Å². The molecule has 170 valence electrons. The van der Waals surface area contributed by atoms with Crippen molar-refractivity contribution in [2.45, 2.75) is 17.7 Å². The van der Waals surface area contributed by atoms with Crippen LogP contribution in [0.15, 0.2) is 71.9 Å². The topological polar surface area (TPSA) is 69.2 Å². The third-order valence-corrected chi connectivity index (χ3v) is 6.34. The van der Waals surface area contributed by atoms with Crippen LogP contribution in [0.5, 0.6) is 5.75 Å². The zero-order chi connectivity index (χ0) is 23.8. The summed E-state index contributed by atoms with van der Waals surface area (Å²) in [6, 6.07) is 14.8. The van der Waals surface area contributed by atoms with Gasteiger partial charge in [-0.1, -0.05) is 35.9 Å². The van der Waals surface area contributed by atoms with E-state index in [2.05, 4.69) is 9.97 Å². The van der Waals surface area contributed by atoms with Crippen molar-refractivity contribution in [1.82, 2.24) is 9.97 Å². The Morgan fingerprint density at radius 3 is 2.48 bits per heavy atom. The molecule has 0 spiro atoms. The smallest absolute Gasteiger partial charge is 0.418 e. The van der Waals surface area contributed by atoms with Crippen LogP contribution < -0.4 is 4.74 Å². The van der Waals surface area contributed by atoms with Crippen LogP contribution in [0.25, 0.3) is 22.2 Å². The Kier molecular flexibility index (Phi) is 6.02. The van der Waals surface area contributed by atoms with E-state index in [1.807, 2.05) is 0 Å². The van der Waals surface area contributed by atoms with Crippen molar-refractivity contribution in [3.05, 3.63) is 83.1 Å². The average molecular weight is 493 g/mol. The van der Waals surface area contributed by atoms with Gasteiger partial charge in [0.15, 0.2) is 9.84 Å². The second-order valence-corrected chi connectivity index (χ2v) is 9.69. The normalized spacial score (nSPS) is 12.2. The van der Waals surface area contributed by atoms with Gasteiger partial charge in [0.05, 0.1) is 26.7 Å². The molecule has 0 aliphatic rings. The molecule has 0 amide bonds. The van der Waals surface area contributed by atoms with E-state index >= 15 is 0 Å². The zero-order valence-corrected chi connectivity index (χ0v) is 18.7. The third-order valence-electron chi connectivity index (χ3n) is 4.90. The first-order valence-electron chi connectivity index (χ1n) is 9.57. The predicted molar refractivity (Wildman–Crippen MR) is 119 cm³/mol. The highest BCUT2D eigenvalue weighted by Gasteiger charge is 2.33. The lowest BCUT2D eigenvalue weighted by atomic mass is 10.0. The molecule has 0 radical (unpaired) electrons. The first kappa shape index (κ1) is 23.0. The van der Waals surface area contributed by atoms with Crippen molar-refractivity contribution in [2.24, 2.45) is 0 Å². The van der Waals surface area contributed by atoms with E-state index < -0.39 is 21.6 Å². The Balaban J connectivity index is 1.70. The molecule has 0 saturated heterocycles. The van der Waals surface area contributed by atoms with Crippen LogP contribution in [0.1, 0.15) is 11.1 Å². The zero-order valence-electron chi connectivity index (χ0n) is 17.1. The maximum absolute atomic E-state index is 13.4. The number of hydrogen-bond donors (Lipinski definition) is 0. The molecule has 33 heavy (non-hydrogen) atoms. The highest BCUT2D eigenvalue weighted by molar-refractivity contribution is 7.90. The molecule has 0 aliphatic carbocycles. The fraction of sp³-hybridized carbons (Fsp3) is 0.130. The Morgan fingerprint density at radius 2 is 1.76 bits per heavy atom. The highest BCUT2D eigenvalue weighted by Crippen LogP contribution is 2.38. The van der Waals surface area contributed by atoms with Crippen LogP contribution in [0.2, 0.25) is 5.02 Å². The molecule has 5 nitrogen and oxygen atoms in total. The van der Waals surface area contributed by atoms with Gasteiger partial charge in [-0.3, -0.25) is 0 Å². The van der Waals surface area contributed by atoms with Gasteiger partial charge in [-0.15, -0.1) is 0 Å². The van der Waals surface area contributed by atoms with Crippen LogP contribution in [-0.4, -0.2) is 24.6 Å². The molecule has 0 unspecified atom stereocenters. The number of rotatable bonds is 5. The van der Waals surface area contributed by atoms with E-state index in [1.165, 1.54) is 24.3 Å². The molecule has 10 heteroatoms. The summed E-state index contributed by atoms with van der Waals surface area (Å²) in [7, 11) is -3.36. The summed E-state index contributed by atoms with van der Waals surface area (Å²) in [4.78, 5) is 8.18. The number of aromatic nitrogens is 2. The summed E-state index contributed by atoms with van der Waals surface area (Å²) in [5, 5.41) is 0.478. The summed E-state index contributed by atoms with van der Waals surface area (Å²) in [6.45, 7) is 0.0766. The lowest BCUT2D eigenvalue weighted by Crippen LogP contribution is -2.07. The van der Waals surface area contributed by atoms with Crippen LogP contribution in [-0.2, 0) is 22.6 Å². The predicted octanol–water partition coefficient (Wildman–Crippen LogP) is 5.95. The summed E-state index contributed by atoms with van der Waals surface area (Å²) >= 11 is 6.34. The Labute approximate surface area is 192 Å². The van der Waals surface area contributed by atoms with Crippen LogP contribution in [0.4, 0.5) is 13.2 Å². The van der Waals surface area contributed by atoms with Crippen LogP contribution in [0, 0.1) is 0 Å². The van der Waals surface area contributed by atoms with Gasteiger partial charge in [-0.2, -0.15) is 13.2 Å². The molecule has 4 aromatic rings. The maximum Gasteiger partial charge on any atom is 0.418 e. The number of fused-ring (bicyclic) bond motifs is 1. The number of ether oxygens (including phenoxy) is 1. The van der Waals surface area contributed by atoms with Crippen molar-refractivity contribution in [1.29, 1.82) is 0 Å². The van der Waals surface area contributed by atoms with Gasteiger partial charge >= 0.3 is 6.18 Å². The van der Waals surface area contributed by atoms with Gasteiger partial charge in [-0.05, 0) is 42.0 Å². The number of nitrogens with zero attached hydrogens (tertiary/aromatic N) is 2. The molecule has 0 fully saturated rings. The summed E-state index contributed by atoms with van der Waals surface area (Å²) in [5.41, 5.74) is 0.163. The highest BCUT2D eigenvalue weighted by atomic mass is 35.5. The van der Waals surface area contributed by atoms with E-state index in [0.29, 0.717) is 16.9 Å². The van der Waals surface area contributed by atoms with Gasteiger partial charge < -0.3 is 4.74 Å². The lowest BCUT2D eigenvalue weighted by Gasteiger charge is -2.13. The van der Waals surface area contributed by atoms with Gasteiger partial charge in [0.1, 0.15) is 18.7 Å². The fourth-order valence-electron chi connectivity index (χ4n) is 3.34. The van der Waals surface area contributed by atoms with Crippen molar-refractivity contribution in [3.8, 4) is 17.0 Å². The number of sulfone groups is 1. The fourth-order valence-corrected chi connectivity index (χ4v) is 4.24. The molecular weight excluding hydrogens is 477 g/mol. The van der Waals surface area contributed by atoms with Crippen molar-refractivity contribution >= 4 is 32.3 Å². The van der Waals surface area contributed by atoms with Gasteiger partial charge in [0.25, 0.3) is 0 Å². The largest absolute Gasteiger partial charge is 0.489 e. The number of hydrogen-bond acceptors (Lipinski definition) is 5. The molecule has 0 atom stereocenters. The monoisotopic (exact) mass is 492 g/mol. The molecule has 4 rings (SSSR count). The molecule has 1 heterocycles. The Morgan fingerprint density at radius 1 is 1.00 bits per heavy atom. The second-order valence-electron chi connectivity index (χ2n) is 7.27. The standard InChI is InChI=1S/C23H16ClF3N2O3S/c1-33(30,31)16-5-2-4-14(10-16)12-32-15-8-9-20(24)18(11-15)21-17-6-3-7-19(23(25,26)27)22(17)29-13-28-21/h2-11,13H,12H2,1H3. The summed E-state index contributed by atoms with van der Waals surface area (Å²) in [6.07, 6.45) is -2.39. The quantitative estimate of drug-likeness (QED) is 0.344. The number of halogens is 4. The summed E-state index contributed by atoms with van der Waals surface area (Å²) in [5.74, 6) is 0.387. The van der Waals surface area contributed by atoms with Crippen LogP contribution >= 0.6 is 11.6 Å². The van der Waals surface area contributed by atoms with Crippen LogP contribution in [0.3, 0.4) is 0 Å². The minimum absolute atomic E-state index is 0.0766. The molecule has 1 aromatic heterocycles. The second kappa shape index (κ2) is 8.64. The van der Waals surface area contributed by atoms with Gasteiger partial charge in [0.2, 0.25) is 0 Å². The molecule has 0 aliphatic heterocycles. The van der Waals surface area contributed by atoms with Gasteiger partial charge in [0, 0.05) is 17.2 Å². The number of para-hydroxylation sites is 1. The van der Waals surface area contributed by atoms with E-state index in [-0.39, 0.29) is 33.1 Å². The average Bonchev–Trinajstić information content (AvgIpc) is 2.77. The lowest BCUT2D eigenvalue weighted by molar-refractivity contribution is -0.136. The van der Waals surface area contributed by atoms with E-state index in [0.717, 1.165) is 18.6 Å². The SMILES string of the molecule is CS(=O)(=O)c1cccc(COc2ccc(Cl)c(-c3ncnc4c(C(F)(F)F)cccc34)c2)c1. The number of alkyl halides is 3. The van der Waals surface area contributed by atoms with E-state index in [1.54, 1.807) is 30.3 Å². The molecule has 0 bridgehead atoms. The van der Waals surface area contributed by atoms with Crippen molar-refractivity contribution in [3.63, 3.8) is 0 Å².